The van der Waals surface area contributed by atoms with E-state index in [-0.39, 0.29) is 0 Å². The summed E-state index contributed by atoms with van der Waals surface area (Å²) in [6.45, 7) is 2.14. The second kappa shape index (κ2) is 4.81. The zero-order valence-electron chi connectivity index (χ0n) is 10.8. The molecule has 2 aliphatic rings. The van der Waals surface area contributed by atoms with E-state index in [1.54, 1.807) is 0 Å². The summed E-state index contributed by atoms with van der Waals surface area (Å²) in [4.78, 5) is 4.96. The zero-order valence-corrected chi connectivity index (χ0v) is 10.8. The van der Waals surface area contributed by atoms with Gasteiger partial charge < -0.3 is 9.88 Å². The molecule has 1 fully saturated rings. The van der Waals surface area contributed by atoms with Gasteiger partial charge in [-0.05, 0) is 39.2 Å². The van der Waals surface area contributed by atoms with E-state index in [1.165, 1.54) is 68.7 Å². The predicted octanol–water partition coefficient (Wildman–Crippen LogP) is 2.60. The van der Waals surface area contributed by atoms with Gasteiger partial charge in [0.05, 0.1) is 5.69 Å². The molecule has 1 N–H and O–H groups in total. The van der Waals surface area contributed by atoms with Crippen LogP contribution in [0.1, 0.15) is 61.7 Å². The summed E-state index contributed by atoms with van der Waals surface area (Å²) in [6.07, 6.45) is 9.42. The molecular weight excluding hydrogens is 210 g/mol. The van der Waals surface area contributed by atoms with Crippen LogP contribution >= 0.6 is 0 Å². The largest absolute Gasteiger partial charge is 0.331 e. The Kier molecular flexibility index (Phi) is 3.19. The number of nitrogens with one attached hydrogen (secondary N) is 1. The molecule has 0 aromatic carbocycles. The van der Waals surface area contributed by atoms with Crippen molar-refractivity contribution in [3.63, 3.8) is 0 Å². The quantitative estimate of drug-likeness (QED) is 0.869. The lowest BCUT2D eigenvalue weighted by Crippen LogP contribution is -2.15. The number of hydrogen-bond acceptors (Lipinski definition) is 2. The van der Waals surface area contributed by atoms with Gasteiger partial charge in [0.1, 0.15) is 5.82 Å². The fourth-order valence-electron chi connectivity index (χ4n) is 3.45. The number of imidazole rings is 1. The molecule has 1 aliphatic carbocycles. The molecule has 1 aromatic rings. The lowest BCUT2D eigenvalue weighted by molar-refractivity contribution is 0.491. The molecule has 0 amide bonds. The highest BCUT2D eigenvalue weighted by molar-refractivity contribution is 5.21. The smallest absolute Gasteiger partial charge is 0.112 e. The molecule has 1 saturated carbocycles. The standard InChI is InChI=1S/C14H23N3/c1-15-10-12-13-8-4-5-9-17(13)14(16-12)11-6-2-3-7-11/h11,15H,2-10H2,1H3. The summed E-state index contributed by atoms with van der Waals surface area (Å²) >= 11 is 0. The number of hydrogen-bond donors (Lipinski definition) is 1. The van der Waals surface area contributed by atoms with Crippen LogP contribution in [0.2, 0.25) is 0 Å². The van der Waals surface area contributed by atoms with Gasteiger partial charge in [-0.3, -0.25) is 0 Å². The van der Waals surface area contributed by atoms with Gasteiger partial charge in [0.15, 0.2) is 0 Å². The minimum absolute atomic E-state index is 0.748. The highest BCUT2D eigenvalue weighted by atomic mass is 15.1. The van der Waals surface area contributed by atoms with Crippen LogP contribution in [0.25, 0.3) is 0 Å². The van der Waals surface area contributed by atoms with Crippen molar-refractivity contribution in [2.24, 2.45) is 0 Å². The lowest BCUT2D eigenvalue weighted by atomic mass is 10.1. The van der Waals surface area contributed by atoms with Crippen LogP contribution in [0, 0.1) is 0 Å². The summed E-state index contributed by atoms with van der Waals surface area (Å²) in [7, 11) is 2.02. The number of aromatic nitrogens is 2. The van der Waals surface area contributed by atoms with Gasteiger partial charge in [-0.25, -0.2) is 4.98 Å². The Labute approximate surface area is 104 Å². The Morgan fingerprint density at radius 1 is 1.24 bits per heavy atom. The summed E-state index contributed by atoms with van der Waals surface area (Å²) in [6, 6.07) is 0. The lowest BCUT2D eigenvalue weighted by Gasteiger charge is -2.19. The van der Waals surface area contributed by atoms with E-state index in [0.29, 0.717) is 0 Å². The molecule has 2 heterocycles. The van der Waals surface area contributed by atoms with Gasteiger partial charge in [-0.1, -0.05) is 12.8 Å². The van der Waals surface area contributed by atoms with Gasteiger partial charge in [-0.15, -0.1) is 0 Å². The van der Waals surface area contributed by atoms with Crippen molar-refractivity contribution < 1.29 is 0 Å². The van der Waals surface area contributed by atoms with E-state index in [2.05, 4.69) is 9.88 Å². The van der Waals surface area contributed by atoms with Gasteiger partial charge in [0.2, 0.25) is 0 Å². The summed E-state index contributed by atoms with van der Waals surface area (Å²) in [5.74, 6) is 2.15. The van der Waals surface area contributed by atoms with Gasteiger partial charge >= 0.3 is 0 Å². The van der Waals surface area contributed by atoms with Crippen LogP contribution in [0.15, 0.2) is 0 Å². The molecule has 3 heteroatoms. The summed E-state index contributed by atoms with van der Waals surface area (Å²) in [5.41, 5.74) is 2.83. The second-order valence-corrected chi connectivity index (χ2v) is 5.48. The third-order valence-corrected chi connectivity index (χ3v) is 4.29. The first-order chi connectivity index (χ1) is 8.40. The fourth-order valence-corrected chi connectivity index (χ4v) is 3.45. The SMILES string of the molecule is CNCc1nc(C2CCCC2)n2c1CCCC2. The molecule has 0 saturated heterocycles. The van der Waals surface area contributed by atoms with Crippen molar-refractivity contribution in [3.8, 4) is 0 Å². The molecule has 0 spiro atoms. The highest BCUT2D eigenvalue weighted by Crippen LogP contribution is 2.35. The molecule has 1 aromatic heterocycles. The van der Waals surface area contributed by atoms with Crippen LogP contribution < -0.4 is 5.32 Å². The van der Waals surface area contributed by atoms with Gasteiger partial charge in [0, 0.05) is 24.7 Å². The van der Waals surface area contributed by atoms with Crippen LogP contribution in [-0.4, -0.2) is 16.6 Å². The molecule has 0 radical (unpaired) electrons. The van der Waals surface area contributed by atoms with Gasteiger partial charge in [-0.2, -0.15) is 0 Å². The predicted molar refractivity (Wildman–Crippen MR) is 69.1 cm³/mol. The zero-order chi connectivity index (χ0) is 11.7. The Hall–Kier alpha value is -0.830. The Morgan fingerprint density at radius 3 is 2.82 bits per heavy atom. The third-order valence-electron chi connectivity index (χ3n) is 4.29. The van der Waals surface area contributed by atoms with Gasteiger partial charge in [0.25, 0.3) is 0 Å². The fraction of sp³-hybridized carbons (Fsp3) is 0.786. The van der Waals surface area contributed by atoms with Crippen molar-refractivity contribution in [2.45, 2.75) is 64.0 Å². The Morgan fingerprint density at radius 2 is 2.06 bits per heavy atom. The average Bonchev–Trinajstić information content (AvgIpc) is 2.97. The molecule has 0 bridgehead atoms. The summed E-state index contributed by atoms with van der Waals surface area (Å²) < 4.78 is 2.55. The molecule has 3 rings (SSSR count). The number of nitrogens with zero attached hydrogens (tertiary/aromatic N) is 2. The van der Waals surface area contributed by atoms with Crippen LogP contribution in [-0.2, 0) is 19.5 Å². The Bertz CT molecular complexity index is 388. The molecule has 17 heavy (non-hydrogen) atoms. The second-order valence-electron chi connectivity index (χ2n) is 5.48. The van der Waals surface area contributed by atoms with Crippen LogP contribution in [0.5, 0.6) is 0 Å². The average molecular weight is 233 g/mol. The molecule has 0 atom stereocenters. The van der Waals surface area contributed by atoms with E-state index in [9.17, 15) is 0 Å². The maximum Gasteiger partial charge on any atom is 0.112 e. The molecule has 1 aliphatic heterocycles. The van der Waals surface area contributed by atoms with Crippen LogP contribution in [0.4, 0.5) is 0 Å². The first-order valence-electron chi connectivity index (χ1n) is 7.13. The highest BCUT2D eigenvalue weighted by Gasteiger charge is 2.26. The van der Waals surface area contributed by atoms with Crippen molar-refractivity contribution in [1.29, 1.82) is 0 Å². The van der Waals surface area contributed by atoms with E-state index in [1.807, 2.05) is 7.05 Å². The first kappa shape index (κ1) is 11.3. The van der Waals surface area contributed by atoms with Crippen molar-refractivity contribution in [3.05, 3.63) is 17.2 Å². The third kappa shape index (κ3) is 2.01. The van der Waals surface area contributed by atoms with Crippen LogP contribution in [0.3, 0.4) is 0 Å². The number of fused-ring (bicyclic) bond motifs is 1. The van der Waals surface area contributed by atoms with E-state index in [4.69, 9.17) is 4.98 Å². The molecule has 3 nitrogen and oxygen atoms in total. The maximum absolute atomic E-state index is 4.96. The van der Waals surface area contributed by atoms with E-state index >= 15 is 0 Å². The van der Waals surface area contributed by atoms with Crippen molar-refractivity contribution in [2.75, 3.05) is 7.05 Å². The molecule has 94 valence electrons. The van der Waals surface area contributed by atoms with Crippen molar-refractivity contribution >= 4 is 0 Å². The summed E-state index contributed by atoms with van der Waals surface area (Å²) in [5, 5.41) is 3.26. The minimum atomic E-state index is 0.748. The van der Waals surface area contributed by atoms with E-state index in [0.717, 1.165) is 12.5 Å². The number of rotatable bonds is 3. The minimum Gasteiger partial charge on any atom is -0.331 e. The first-order valence-corrected chi connectivity index (χ1v) is 7.13. The molecular formula is C14H23N3. The topological polar surface area (TPSA) is 29.9 Å². The van der Waals surface area contributed by atoms with E-state index < -0.39 is 0 Å². The normalized spacial score (nSPS) is 20.8. The maximum atomic E-state index is 4.96. The van der Waals surface area contributed by atoms with Crippen molar-refractivity contribution in [1.82, 2.24) is 14.9 Å². The molecule has 0 unspecified atom stereocenters. The monoisotopic (exact) mass is 233 g/mol. The Balaban J connectivity index is 1.96.